The van der Waals surface area contributed by atoms with Gasteiger partial charge in [-0.15, -0.1) is 11.3 Å². The zero-order valence-corrected chi connectivity index (χ0v) is 14.7. The van der Waals surface area contributed by atoms with Gasteiger partial charge in [-0.1, -0.05) is 12.1 Å². The molecule has 0 spiro atoms. The molecular weight excluding hydrogens is 336 g/mol. The van der Waals surface area contributed by atoms with Crippen molar-refractivity contribution >= 4 is 28.6 Å². The second kappa shape index (κ2) is 7.27. The molecule has 1 aromatic heterocycles. The SMILES string of the molecule is COc1ccc(C(=O)Nc2cc(-c3cccs3)ccc2N)cc1OC. The molecule has 0 aliphatic heterocycles. The number of hydrogen-bond acceptors (Lipinski definition) is 5. The summed E-state index contributed by atoms with van der Waals surface area (Å²) in [6.45, 7) is 0. The number of amides is 1. The summed E-state index contributed by atoms with van der Waals surface area (Å²) in [7, 11) is 3.08. The van der Waals surface area contributed by atoms with Gasteiger partial charge < -0.3 is 20.5 Å². The van der Waals surface area contributed by atoms with Gasteiger partial charge in [0, 0.05) is 10.4 Å². The minimum absolute atomic E-state index is 0.268. The van der Waals surface area contributed by atoms with Crippen molar-refractivity contribution in [3.8, 4) is 21.9 Å². The summed E-state index contributed by atoms with van der Waals surface area (Å²) in [4.78, 5) is 13.7. The largest absolute Gasteiger partial charge is 0.493 e. The van der Waals surface area contributed by atoms with E-state index in [9.17, 15) is 4.79 Å². The van der Waals surface area contributed by atoms with Gasteiger partial charge in [0.1, 0.15) is 0 Å². The summed E-state index contributed by atoms with van der Waals surface area (Å²) in [6, 6.07) is 14.6. The van der Waals surface area contributed by atoms with Gasteiger partial charge >= 0.3 is 0 Å². The highest BCUT2D eigenvalue weighted by molar-refractivity contribution is 7.13. The first-order valence-corrected chi connectivity index (χ1v) is 8.47. The van der Waals surface area contributed by atoms with Crippen LogP contribution in [0.25, 0.3) is 10.4 Å². The summed E-state index contributed by atoms with van der Waals surface area (Å²) < 4.78 is 10.4. The van der Waals surface area contributed by atoms with Crippen LogP contribution in [0.2, 0.25) is 0 Å². The Hall–Kier alpha value is -2.99. The molecule has 0 fully saturated rings. The Kier molecular flexibility index (Phi) is 4.90. The normalized spacial score (nSPS) is 10.3. The topological polar surface area (TPSA) is 73.6 Å². The van der Waals surface area contributed by atoms with Crippen LogP contribution in [0.3, 0.4) is 0 Å². The number of anilines is 2. The number of carbonyl (C=O) groups excluding carboxylic acids is 1. The van der Waals surface area contributed by atoms with E-state index in [4.69, 9.17) is 15.2 Å². The zero-order valence-electron chi connectivity index (χ0n) is 13.9. The quantitative estimate of drug-likeness (QED) is 0.671. The van der Waals surface area contributed by atoms with Crippen LogP contribution < -0.4 is 20.5 Å². The standard InChI is InChI=1S/C19H18N2O3S/c1-23-16-8-6-13(11-17(16)24-2)19(22)21-15-10-12(5-7-14(15)20)18-4-3-9-25-18/h3-11H,20H2,1-2H3,(H,21,22). The summed E-state index contributed by atoms with van der Waals surface area (Å²) in [6.07, 6.45) is 0. The first-order chi connectivity index (χ1) is 12.1. The number of nitrogen functional groups attached to an aromatic ring is 1. The van der Waals surface area contributed by atoms with E-state index >= 15 is 0 Å². The van der Waals surface area contributed by atoms with Crippen LogP contribution in [0.15, 0.2) is 53.9 Å². The zero-order chi connectivity index (χ0) is 17.8. The van der Waals surface area contributed by atoms with E-state index in [1.807, 2.05) is 29.6 Å². The van der Waals surface area contributed by atoms with Crippen LogP contribution in [-0.4, -0.2) is 20.1 Å². The molecule has 128 valence electrons. The van der Waals surface area contributed by atoms with Crippen molar-refractivity contribution in [1.82, 2.24) is 0 Å². The molecule has 6 heteroatoms. The van der Waals surface area contributed by atoms with Crippen molar-refractivity contribution in [1.29, 1.82) is 0 Å². The van der Waals surface area contributed by atoms with Crippen molar-refractivity contribution in [3.63, 3.8) is 0 Å². The Morgan fingerprint density at radius 2 is 1.84 bits per heavy atom. The molecule has 3 N–H and O–H groups in total. The van der Waals surface area contributed by atoms with E-state index in [2.05, 4.69) is 5.32 Å². The maximum absolute atomic E-state index is 12.6. The molecule has 25 heavy (non-hydrogen) atoms. The Bertz CT molecular complexity index is 892. The van der Waals surface area contributed by atoms with Crippen molar-refractivity contribution < 1.29 is 14.3 Å². The molecule has 0 saturated heterocycles. The molecule has 0 aliphatic carbocycles. The number of nitrogens with one attached hydrogen (secondary N) is 1. The van der Waals surface area contributed by atoms with Gasteiger partial charge in [-0.3, -0.25) is 4.79 Å². The number of ether oxygens (including phenoxy) is 2. The number of methoxy groups -OCH3 is 2. The average molecular weight is 354 g/mol. The van der Waals surface area contributed by atoms with Crippen LogP contribution in [0.4, 0.5) is 11.4 Å². The summed E-state index contributed by atoms with van der Waals surface area (Å²) in [5, 5.41) is 4.87. The summed E-state index contributed by atoms with van der Waals surface area (Å²) in [5.74, 6) is 0.796. The number of hydrogen-bond donors (Lipinski definition) is 2. The number of benzene rings is 2. The van der Waals surface area contributed by atoms with Gasteiger partial charge in [-0.2, -0.15) is 0 Å². The summed E-state index contributed by atoms with van der Waals surface area (Å²) >= 11 is 1.63. The van der Waals surface area contributed by atoms with Crippen LogP contribution in [0, 0.1) is 0 Å². The van der Waals surface area contributed by atoms with E-state index in [-0.39, 0.29) is 5.91 Å². The van der Waals surface area contributed by atoms with Crippen molar-refractivity contribution in [2.45, 2.75) is 0 Å². The molecule has 0 saturated carbocycles. The van der Waals surface area contributed by atoms with E-state index < -0.39 is 0 Å². The monoisotopic (exact) mass is 354 g/mol. The highest BCUT2D eigenvalue weighted by atomic mass is 32.1. The van der Waals surface area contributed by atoms with Crippen molar-refractivity contribution in [2.24, 2.45) is 0 Å². The summed E-state index contributed by atoms with van der Waals surface area (Å²) in [5.41, 5.74) is 8.56. The number of carbonyl (C=O) groups is 1. The predicted octanol–water partition coefficient (Wildman–Crippen LogP) is 4.27. The number of rotatable bonds is 5. The smallest absolute Gasteiger partial charge is 0.255 e. The fourth-order valence-electron chi connectivity index (χ4n) is 2.43. The lowest BCUT2D eigenvalue weighted by Gasteiger charge is -2.12. The van der Waals surface area contributed by atoms with Crippen LogP contribution in [0.1, 0.15) is 10.4 Å². The van der Waals surface area contributed by atoms with E-state index in [1.54, 1.807) is 42.7 Å². The van der Waals surface area contributed by atoms with E-state index in [1.165, 1.54) is 7.11 Å². The second-order valence-corrected chi connectivity index (χ2v) is 6.25. The van der Waals surface area contributed by atoms with Gasteiger partial charge in [0.25, 0.3) is 5.91 Å². The molecule has 2 aromatic carbocycles. The second-order valence-electron chi connectivity index (χ2n) is 5.30. The lowest BCUT2D eigenvalue weighted by molar-refractivity contribution is 0.102. The van der Waals surface area contributed by atoms with Crippen molar-refractivity contribution in [3.05, 3.63) is 59.5 Å². The Balaban J connectivity index is 1.87. The number of nitrogens with two attached hydrogens (primary N) is 1. The van der Waals surface area contributed by atoms with Gasteiger partial charge in [0.15, 0.2) is 11.5 Å². The minimum atomic E-state index is -0.268. The first kappa shape index (κ1) is 16.9. The van der Waals surface area contributed by atoms with E-state index in [0.29, 0.717) is 28.4 Å². The highest BCUT2D eigenvalue weighted by Gasteiger charge is 2.13. The fourth-order valence-corrected chi connectivity index (χ4v) is 3.16. The lowest BCUT2D eigenvalue weighted by Crippen LogP contribution is -2.13. The van der Waals surface area contributed by atoms with Crippen LogP contribution >= 0.6 is 11.3 Å². The lowest BCUT2D eigenvalue weighted by atomic mass is 10.1. The van der Waals surface area contributed by atoms with Gasteiger partial charge in [-0.05, 0) is 47.3 Å². The Morgan fingerprint density at radius 3 is 2.52 bits per heavy atom. The maximum Gasteiger partial charge on any atom is 0.255 e. The first-order valence-electron chi connectivity index (χ1n) is 7.59. The molecule has 0 bridgehead atoms. The molecular formula is C19H18N2O3S. The molecule has 5 nitrogen and oxygen atoms in total. The molecule has 0 unspecified atom stereocenters. The molecule has 1 heterocycles. The third kappa shape index (κ3) is 3.59. The van der Waals surface area contributed by atoms with E-state index in [0.717, 1.165) is 10.4 Å². The molecule has 0 atom stereocenters. The highest BCUT2D eigenvalue weighted by Crippen LogP contribution is 2.31. The van der Waals surface area contributed by atoms with Crippen molar-refractivity contribution in [2.75, 3.05) is 25.3 Å². The minimum Gasteiger partial charge on any atom is -0.493 e. The third-order valence-electron chi connectivity index (χ3n) is 3.75. The Labute approximate surface area is 150 Å². The maximum atomic E-state index is 12.6. The third-order valence-corrected chi connectivity index (χ3v) is 4.67. The predicted molar refractivity (Wildman–Crippen MR) is 102 cm³/mol. The average Bonchev–Trinajstić information content (AvgIpc) is 3.17. The number of thiophene rings is 1. The van der Waals surface area contributed by atoms with Gasteiger partial charge in [0.2, 0.25) is 0 Å². The van der Waals surface area contributed by atoms with Gasteiger partial charge in [0.05, 0.1) is 25.6 Å². The fraction of sp³-hybridized carbons (Fsp3) is 0.105. The molecule has 3 rings (SSSR count). The van der Waals surface area contributed by atoms with Crippen LogP contribution in [0.5, 0.6) is 11.5 Å². The molecule has 0 aliphatic rings. The molecule has 3 aromatic rings. The Morgan fingerprint density at radius 1 is 1.04 bits per heavy atom. The van der Waals surface area contributed by atoms with Crippen LogP contribution in [-0.2, 0) is 0 Å². The molecule has 0 radical (unpaired) electrons. The van der Waals surface area contributed by atoms with Gasteiger partial charge in [-0.25, -0.2) is 0 Å². The molecule has 1 amide bonds.